The zero-order valence-electron chi connectivity index (χ0n) is 14.5. The van der Waals surface area contributed by atoms with Crippen LogP contribution in [0.2, 0.25) is 5.15 Å². The van der Waals surface area contributed by atoms with Gasteiger partial charge >= 0.3 is 0 Å². The number of nitrogens with one attached hydrogen (secondary N) is 1. The van der Waals surface area contributed by atoms with Crippen LogP contribution in [0.15, 0.2) is 42.5 Å². The van der Waals surface area contributed by atoms with E-state index in [1.807, 2.05) is 12.1 Å². The molecule has 2 aromatic rings. The van der Waals surface area contributed by atoms with Gasteiger partial charge in [0.25, 0.3) is 0 Å². The second-order valence-corrected chi connectivity index (χ2v) is 6.83. The number of aliphatic hydroxyl groups excluding tert-OH is 1. The fourth-order valence-electron chi connectivity index (χ4n) is 2.98. The number of pyridine rings is 1. The van der Waals surface area contributed by atoms with Gasteiger partial charge in [0.1, 0.15) is 35.2 Å². The fraction of sp³-hybridized carbons (Fsp3) is 0.421. The van der Waals surface area contributed by atoms with E-state index in [2.05, 4.69) is 15.2 Å². The molecule has 0 saturated carbocycles. The minimum atomic E-state index is -0.587. The van der Waals surface area contributed by atoms with Crippen molar-refractivity contribution in [2.75, 3.05) is 31.1 Å². The monoisotopic (exact) mass is 377 g/mol. The third-order valence-corrected chi connectivity index (χ3v) is 4.65. The summed E-state index contributed by atoms with van der Waals surface area (Å²) in [5.74, 6) is 1.74. The first-order valence-electron chi connectivity index (χ1n) is 8.81. The zero-order chi connectivity index (χ0) is 18.4. The molecular formula is C19H24ClN3O3. The first-order valence-corrected chi connectivity index (χ1v) is 9.19. The van der Waals surface area contributed by atoms with Crippen LogP contribution in [0.3, 0.4) is 0 Å². The summed E-state index contributed by atoms with van der Waals surface area (Å²) >= 11 is 5.96. The maximum absolute atomic E-state index is 10.1. The number of halogens is 1. The number of aromatic hydroxyl groups is 1. The largest absolute Gasteiger partial charge is 0.508 e. The fourth-order valence-corrected chi connectivity index (χ4v) is 3.14. The third-order valence-electron chi connectivity index (χ3n) is 4.44. The standard InChI is InChI=1S/C19H24ClN3O3/c20-18-2-1-3-19(22-18)23-10-8-14(9-11-23)21-12-16(25)13-26-17-6-4-15(24)5-7-17/h1-7,14,16,21,24-25H,8-13H2. The van der Waals surface area contributed by atoms with Crippen LogP contribution in [0, 0.1) is 0 Å². The molecule has 2 heterocycles. The van der Waals surface area contributed by atoms with E-state index in [9.17, 15) is 10.2 Å². The minimum Gasteiger partial charge on any atom is -0.508 e. The highest BCUT2D eigenvalue weighted by molar-refractivity contribution is 6.29. The van der Waals surface area contributed by atoms with Crippen molar-refractivity contribution in [1.29, 1.82) is 0 Å². The average Bonchev–Trinajstić information content (AvgIpc) is 2.66. The minimum absolute atomic E-state index is 0.193. The summed E-state index contributed by atoms with van der Waals surface area (Å²) in [7, 11) is 0. The van der Waals surface area contributed by atoms with Crippen molar-refractivity contribution in [3.63, 3.8) is 0 Å². The number of anilines is 1. The lowest BCUT2D eigenvalue weighted by atomic mass is 10.0. The van der Waals surface area contributed by atoms with E-state index in [4.69, 9.17) is 16.3 Å². The summed E-state index contributed by atoms with van der Waals surface area (Å²) in [5.41, 5.74) is 0. The number of piperidine rings is 1. The Hall–Kier alpha value is -2.02. The van der Waals surface area contributed by atoms with Gasteiger partial charge in [-0.05, 0) is 49.2 Å². The van der Waals surface area contributed by atoms with E-state index in [1.54, 1.807) is 30.3 Å². The van der Waals surface area contributed by atoms with Gasteiger partial charge in [0.15, 0.2) is 0 Å². The Morgan fingerprint density at radius 3 is 2.62 bits per heavy atom. The molecule has 1 unspecified atom stereocenters. The van der Waals surface area contributed by atoms with Gasteiger partial charge in [-0.15, -0.1) is 0 Å². The summed E-state index contributed by atoms with van der Waals surface area (Å²) in [6.45, 7) is 2.51. The second-order valence-electron chi connectivity index (χ2n) is 6.45. The molecule has 1 aliphatic rings. The van der Waals surface area contributed by atoms with Gasteiger partial charge < -0.3 is 25.2 Å². The molecule has 140 valence electrons. The molecule has 0 spiro atoms. The van der Waals surface area contributed by atoms with Crippen molar-refractivity contribution in [1.82, 2.24) is 10.3 Å². The maximum atomic E-state index is 10.1. The Morgan fingerprint density at radius 1 is 1.19 bits per heavy atom. The van der Waals surface area contributed by atoms with Crippen LogP contribution in [0.25, 0.3) is 0 Å². The second kappa shape index (κ2) is 9.07. The Morgan fingerprint density at radius 2 is 1.92 bits per heavy atom. The normalized spacial score (nSPS) is 16.5. The molecule has 1 aromatic carbocycles. The van der Waals surface area contributed by atoms with E-state index in [1.165, 1.54) is 0 Å². The molecule has 6 nitrogen and oxygen atoms in total. The Kier molecular flexibility index (Phi) is 6.55. The highest BCUT2D eigenvalue weighted by atomic mass is 35.5. The van der Waals surface area contributed by atoms with E-state index in [-0.39, 0.29) is 12.4 Å². The van der Waals surface area contributed by atoms with Crippen molar-refractivity contribution in [3.05, 3.63) is 47.6 Å². The first kappa shape index (κ1) is 18.8. The van der Waals surface area contributed by atoms with Crippen LogP contribution in [0.4, 0.5) is 5.82 Å². The summed E-state index contributed by atoms with van der Waals surface area (Å²) in [4.78, 5) is 6.58. The molecular weight excluding hydrogens is 354 g/mol. The Balaban J connectivity index is 1.36. The average molecular weight is 378 g/mol. The number of aliphatic hydroxyl groups is 1. The lowest BCUT2D eigenvalue weighted by molar-refractivity contribution is 0.102. The molecule has 3 rings (SSSR count). The van der Waals surface area contributed by atoms with Crippen LogP contribution in [0.5, 0.6) is 11.5 Å². The molecule has 3 N–H and O–H groups in total. The van der Waals surface area contributed by atoms with Crippen molar-refractivity contribution < 1.29 is 14.9 Å². The first-order chi connectivity index (χ1) is 12.6. The smallest absolute Gasteiger partial charge is 0.131 e. The SMILES string of the molecule is Oc1ccc(OCC(O)CNC2CCN(c3cccc(Cl)n3)CC2)cc1. The number of hydrogen-bond acceptors (Lipinski definition) is 6. The van der Waals surface area contributed by atoms with Gasteiger partial charge in [-0.2, -0.15) is 0 Å². The zero-order valence-corrected chi connectivity index (χ0v) is 15.3. The van der Waals surface area contributed by atoms with Gasteiger partial charge in [0, 0.05) is 25.7 Å². The van der Waals surface area contributed by atoms with Crippen LogP contribution >= 0.6 is 11.6 Å². The van der Waals surface area contributed by atoms with Crippen LogP contribution in [-0.4, -0.2) is 53.6 Å². The molecule has 0 bridgehead atoms. The highest BCUT2D eigenvalue weighted by Crippen LogP contribution is 2.20. The van der Waals surface area contributed by atoms with Crippen LogP contribution < -0.4 is 15.0 Å². The number of nitrogens with zero attached hydrogens (tertiary/aromatic N) is 2. The molecule has 1 fully saturated rings. The van der Waals surface area contributed by atoms with E-state index in [0.29, 0.717) is 23.5 Å². The van der Waals surface area contributed by atoms with Crippen molar-refractivity contribution in [2.45, 2.75) is 25.0 Å². The number of benzene rings is 1. The third kappa shape index (κ3) is 5.49. The van der Waals surface area contributed by atoms with Crippen molar-refractivity contribution >= 4 is 17.4 Å². The number of hydrogen-bond donors (Lipinski definition) is 3. The molecule has 0 aliphatic carbocycles. The molecule has 1 aliphatic heterocycles. The van der Waals surface area contributed by atoms with Gasteiger partial charge in [0.05, 0.1) is 0 Å². The molecule has 1 atom stereocenters. The quantitative estimate of drug-likeness (QED) is 0.643. The maximum Gasteiger partial charge on any atom is 0.131 e. The number of phenolic OH excluding ortho intramolecular Hbond substituents is 1. The predicted octanol–water partition coefficient (Wildman–Crippen LogP) is 2.44. The Labute approximate surface area is 158 Å². The van der Waals surface area contributed by atoms with Crippen molar-refractivity contribution in [3.8, 4) is 11.5 Å². The molecule has 26 heavy (non-hydrogen) atoms. The predicted molar refractivity (Wildman–Crippen MR) is 102 cm³/mol. The number of aromatic nitrogens is 1. The molecule has 7 heteroatoms. The van der Waals surface area contributed by atoms with E-state index in [0.717, 1.165) is 31.7 Å². The summed E-state index contributed by atoms with van der Waals surface area (Å²) in [6.07, 6.45) is 1.39. The molecule has 0 amide bonds. The summed E-state index contributed by atoms with van der Waals surface area (Å²) < 4.78 is 5.52. The topological polar surface area (TPSA) is 77.8 Å². The van der Waals surface area contributed by atoms with Crippen molar-refractivity contribution in [2.24, 2.45) is 0 Å². The molecule has 1 saturated heterocycles. The van der Waals surface area contributed by atoms with Gasteiger partial charge in [-0.1, -0.05) is 17.7 Å². The lowest BCUT2D eigenvalue weighted by Gasteiger charge is -2.33. The number of phenols is 1. The summed E-state index contributed by atoms with van der Waals surface area (Å²) in [6, 6.07) is 12.5. The Bertz CT molecular complexity index is 691. The molecule has 0 radical (unpaired) electrons. The van der Waals surface area contributed by atoms with E-state index < -0.39 is 6.10 Å². The van der Waals surface area contributed by atoms with E-state index >= 15 is 0 Å². The number of ether oxygens (including phenoxy) is 1. The van der Waals surface area contributed by atoms with Crippen LogP contribution in [0.1, 0.15) is 12.8 Å². The van der Waals surface area contributed by atoms with Gasteiger partial charge in [-0.3, -0.25) is 0 Å². The summed E-state index contributed by atoms with van der Waals surface area (Å²) in [5, 5.41) is 23.2. The van der Waals surface area contributed by atoms with Gasteiger partial charge in [-0.25, -0.2) is 4.98 Å². The highest BCUT2D eigenvalue weighted by Gasteiger charge is 2.20. The van der Waals surface area contributed by atoms with Gasteiger partial charge in [0.2, 0.25) is 0 Å². The van der Waals surface area contributed by atoms with Crippen LogP contribution in [-0.2, 0) is 0 Å². The lowest BCUT2D eigenvalue weighted by Crippen LogP contribution is -2.45. The molecule has 1 aromatic heterocycles. The number of rotatable bonds is 7.